The smallest absolute Gasteiger partial charge is 0.330 e. The summed E-state index contributed by atoms with van der Waals surface area (Å²) in [5.74, 6) is 0.356. The van der Waals surface area contributed by atoms with Gasteiger partial charge in [-0.3, -0.25) is 4.57 Å². The molecule has 3 aromatic carbocycles. The molecule has 7 nitrogen and oxygen atoms in total. The van der Waals surface area contributed by atoms with Crippen LogP contribution in [0.3, 0.4) is 0 Å². The summed E-state index contributed by atoms with van der Waals surface area (Å²) in [5.41, 5.74) is 2.32. The number of aliphatic hydroxyl groups excluding tert-OH is 1. The van der Waals surface area contributed by atoms with Gasteiger partial charge in [-0.15, -0.1) is 0 Å². The molecule has 1 heterocycles. The van der Waals surface area contributed by atoms with Crippen molar-refractivity contribution in [1.82, 2.24) is 14.8 Å². The lowest BCUT2D eigenvalue weighted by atomic mass is 9.77. The molecule has 0 aliphatic carbocycles. The van der Waals surface area contributed by atoms with Gasteiger partial charge in [-0.1, -0.05) is 91.0 Å². The van der Waals surface area contributed by atoms with Gasteiger partial charge in [-0.2, -0.15) is 5.10 Å². The molecule has 1 aromatic heterocycles. The van der Waals surface area contributed by atoms with E-state index >= 15 is 0 Å². The Morgan fingerprint density at radius 3 is 1.74 bits per heavy atom. The molecule has 8 heteroatoms. The number of rotatable bonds is 14. The van der Waals surface area contributed by atoms with Crippen LogP contribution in [-0.4, -0.2) is 39.2 Å². The number of aromatic nitrogens is 3. The van der Waals surface area contributed by atoms with Crippen LogP contribution in [0.4, 0.5) is 0 Å². The second kappa shape index (κ2) is 13.1. The van der Waals surface area contributed by atoms with Crippen LogP contribution in [-0.2, 0) is 19.2 Å². The molecule has 38 heavy (non-hydrogen) atoms. The highest BCUT2D eigenvalue weighted by molar-refractivity contribution is 7.53. The quantitative estimate of drug-likeness (QED) is 0.112. The van der Waals surface area contributed by atoms with Crippen molar-refractivity contribution < 1.29 is 18.7 Å². The molecule has 0 spiro atoms. The SMILES string of the molecule is CCOP(=O)(CCCCC(O)c1ncn(C(c2ccccc2)(c2ccccc2)c2ccccc2)n1)OCC. The molecule has 0 saturated heterocycles. The van der Waals surface area contributed by atoms with Crippen molar-refractivity contribution in [2.75, 3.05) is 19.4 Å². The number of benzene rings is 3. The summed E-state index contributed by atoms with van der Waals surface area (Å²) in [7, 11) is -3.09. The highest BCUT2D eigenvalue weighted by Crippen LogP contribution is 2.49. The van der Waals surface area contributed by atoms with Crippen molar-refractivity contribution in [3.05, 3.63) is 120 Å². The summed E-state index contributed by atoms with van der Waals surface area (Å²) >= 11 is 0. The lowest BCUT2D eigenvalue weighted by Gasteiger charge is -2.35. The second-order valence-electron chi connectivity index (χ2n) is 9.04. The van der Waals surface area contributed by atoms with Gasteiger partial charge in [0.25, 0.3) is 0 Å². The van der Waals surface area contributed by atoms with E-state index in [1.54, 1.807) is 20.2 Å². The number of unbranched alkanes of at least 4 members (excludes halogenated alkanes) is 1. The number of hydrogen-bond acceptors (Lipinski definition) is 6. The minimum absolute atomic E-state index is 0.322. The Kier molecular flexibility index (Phi) is 9.64. The van der Waals surface area contributed by atoms with Crippen LogP contribution in [0.15, 0.2) is 97.3 Å². The van der Waals surface area contributed by atoms with Gasteiger partial charge < -0.3 is 14.2 Å². The van der Waals surface area contributed by atoms with E-state index in [9.17, 15) is 9.67 Å². The van der Waals surface area contributed by atoms with Crippen LogP contribution < -0.4 is 0 Å². The topological polar surface area (TPSA) is 86.5 Å². The lowest BCUT2D eigenvalue weighted by molar-refractivity contribution is 0.153. The first-order valence-electron chi connectivity index (χ1n) is 13.2. The van der Waals surface area contributed by atoms with Gasteiger partial charge in [0.2, 0.25) is 0 Å². The van der Waals surface area contributed by atoms with Crippen molar-refractivity contribution in [2.24, 2.45) is 0 Å². The van der Waals surface area contributed by atoms with Crippen molar-refractivity contribution >= 4 is 7.60 Å². The molecule has 0 saturated carbocycles. The fourth-order valence-electron chi connectivity index (χ4n) is 4.86. The van der Waals surface area contributed by atoms with E-state index in [-0.39, 0.29) is 0 Å². The molecular formula is C30H36N3O4P. The molecule has 1 unspecified atom stereocenters. The standard InChI is InChI=1S/C30H36N3O4P/c1-3-36-38(35,37-4-2)23-15-14-22-28(34)29-31-24-33(32-29)30(25-16-8-5-9-17-25,26-18-10-6-11-19-26)27-20-12-7-13-21-27/h5-13,16-21,24,28,34H,3-4,14-15,22-23H2,1-2H3. The van der Waals surface area contributed by atoms with Gasteiger partial charge in [0.1, 0.15) is 18.0 Å². The third-order valence-electron chi connectivity index (χ3n) is 6.54. The van der Waals surface area contributed by atoms with Crippen LogP contribution in [0.2, 0.25) is 0 Å². The van der Waals surface area contributed by atoms with E-state index in [0.717, 1.165) is 16.7 Å². The Balaban J connectivity index is 1.63. The molecule has 1 N–H and O–H groups in total. The first-order chi connectivity index (χ1) is 18.5. The molecule has 200 valence electrons. The van der Waals surface area contributed by atoms with E-state index in [0.29, 0.717) is 44.5 Å². The van der Waals surface area contributed by atoms with Gasteiger partial charge in [-0.05, 0) is 49.8 Å². The van der Waals surface area contributed by atoms with Crippen LogP contribution in [0, 0.1) is 0 Å². The summed E-state index contributed by atoms with van der Waals surface area (Å²) in [6, 6.07) is 30.6. The zero-order valence-electron chi connectivity index (χ0n) is 22.0. The van der Waals surface area contributed by atoms with Crippen molar-refractivity contribution in [1.29, 1.82) is 0 Å². The van der Waals surface area contributed by atoms with Crippen LogP contribution >= 0.6 is 7.60 Å². The summed E-state index contributed by atoms with van der Waals surface area (Å²) < 4.78 is 25.3. The third-order valence-corrected chi connectivity index (χ3v) is 8.70. The Hall–Kier alpha value is -3.09. The van der Waals surface area contributed by atoms with Crippen molar-refractivity contribution in [2.45, 2.75) is 44.8 Å². The fourth-order valence-corrected chi connectivity index (χ4v) is 6.59. The molecule has 1 atom stereocenters. The monoisotopic (exact) mass is 533 g/mol. The highest BCUT2D eigenvalue weighted by atomic mass is 31.2. The molecular weight excluding hydrogens is 497 g/mol. The summed E-state index contributed by atoms with van der Waals surface area (Å²) in [5, 5.41) is 15.8. The average Bonchev–Trinajstić information content (AvgIpc) is 3.44. The van der Waals surface area contributed by atoms with Crippen molar-refractivity contribution in [3.8, 4) is 0 Å². The summed E-state index contributed by atoms with van der Waals surface area (Å²) in [6.07, 6.45) is 2.86. The molecule has 0 aliphatic rings. The van der Waals surface area contributed by atoms with E-state index in [2.05, 4.69) is 41.4 Å². The fraction of sp³-hybridized carbons (Fsp3) is 0.333. The lowest BCUT2D eigenvalue weighted by Crippen LogP contribution is -2.38. The van der Waals surface area contributed by atoms with Crippen LogP contribution in [0.25, 0.3) is 0 Å². The van der Waals surface area contributed by atoms with Crippen LogP contribution in [0.1, 0.15) is 61.7 Å². The minimum Gasteiger partial charge on any atom is -0.385 e. The molecule has 0 aliphatic heterocycles. The molecule has 0 radical (unpaired) electrons. The Bertz CT molecular complexity index is 1190. The first kappa shape index (κ1) is 27.9. The predicted octanol–water partition coefficient (Wildman–Crippen LogP) is 6.59. The van der Waals surface area contributed by atoms with Gasteiger partial charge >= 0.3 is 7.60 Å². The zero-order valence-corrected chi connectivity index (χ0v) is 22.9. The van der Waals surface area contributed by atoms with Gasteiger partial charge in [0, 0.05) is 0 Å². The summed E-state index contributed by atoms with van der Waals surface area (Å²) in [6.45, 7) is 4.29. The van der Waals surface area contributed by atoms with E-state index in [1.807, 2.05) is 59.3 Å². The normalized spacial score (nSPS) is 12.9. The zero-order chi connectivity index (χ0) is 26.8. The summed E-state index contributed by atoms with van der Waals surface area (Å²) in [4.78, 5) is 4.54. The number of nitrogens with zero attached hydrogens (tertiary/aromatic N) is 3. The Morgan fingerprint density at radius 1 is 0.816 bits per heavy atom. The van der Waals surface area contributed by atoms with E-state index in [1.165, 1.54) is 0 Å². The maximum absolute atomic E-state index is 12.7. The molecule has 4 aromatic rings. The first-order valence-corrected chi connectivity index (χ1v) is 14.9. The van der Waals surface area contributed by atoms with Gasteiger partial charge in [-0.25, -0.2) is 9.67 Å². The average molecular weight is 534 g/mol. The van der Waals surface area contributed by atoms with E-state index < -0.39 is 19.2 Å². The van der Waals surface area contributed by atoms with E-state index in [4.69, 9.17) is 14.1 Å². The molecule has 0 amide bonds. The minimum atomic E-state index is -3.09. The number of hydrogen-bond donors (Lipinski definition) is 1. The second-order valence-corrected chi connectivity index (χ2v) is 11.2. The maximum Gasteiger partial charge on any atom is 0.330 e. The highest BCUT2D eigenvalue weighted by Gasteiger charge is 2.40. The van der Waals surface area contributed by atoms with Gasteiger partial charge in [0.15, 0.2) is 5.82 Å². The predicted molar refractivity (Wildman–Crippen MR) is 149 cm³/mol. The van der Waals surface area contributed by atoms with Crippen molar-refractivity contribution in [3.63, 3.8) is 0 Å². The third kappa shape index (κ3) is 6.13. The Labute approximate surface area is 225 Å². The molecule has 0 bridgehead atoms. The molecule has 0 fully saturated rings. The van der Waals surface area contributed by atoms with Crippen LogP contribution in [0.5, 0.6) is 0 Å². The largest absolute Gasteiger partial charge is 0.385 e. The molecule has 4 rings (SSSR count). The Morgan fingerprint density at radius 2 is 1.29 bits per heavy atom. The maximum atomic E-state index is 12.7. The van der Waals surface area contributed by atoms with Gasteiger partial charge in [0.05, 0.1) is 19.4 Å². The number of aliphatic hydroxyl groups is 1.